The van der Waals surface area contributed by atoms with Crippen LogP contribution in [0.15, 0.2) is 4.99 Å². The number of Topliss-reactive ketones (excluding diaryl/α,β-unsaturated/α-hetero) is 1. The van der Waals surface area contributed by atoms with E-state index in [4.69, 9.17) is 0 Å². The molecule has 5 heteroatoms. The largest absolute Gasteiger partial charge is 0.330 e. The lowest BCUT2D eigenvalue weighted by Gasteiger charge is -2.34. The van der Waals surface area contributed by atoms with E-state index >= 15 is 0 Å². The molecule has 0 aliphatic carbocycles. The lowest BCUT2D eigenvalue weighted by molar-refractivity contribution is -0.125. The van der Waals surface area contributed by atoms with Gasteiger partial charge in [0, 0.05) is 19.0 Å². The topological polar surface area (TPSA) is 32.7 Å². The summed E-state index contributed by atoms with van der Waals surface area (Å²) in [6.07, 6.45) is 2.77. The van der Waals surface area contributed by atoms with Gasteiger partial charge in [-0.15, -0.1) is 0 Å². The molecular weight excluding hydrogens is 182 g/mol. The molecule has 0 aromatic rings. The number of fused-ring (bicyclic) bond motifs is 1. The van der Waals surface area contributed by atoms with E-state index in [9.17, 15) is 4.79 Å². The van der Waals surface area contributed by atoms with Gasteiger partial charge in [-0.3, -0.25) is 9.79 Å². The van der Waals surface area contributed by atoms with E-state index < -0.39 is 0 Å². The van der Waals surface area contributed by atoms with Crippen LogP contribution in [0.4, 0.5) is 0 Å². The SMILES string of the molecule is CB(P)N1CC(=O)C2CC=NC2C1. The predicted octanol–water partition coefficient (Wildman–Crippen LogP) is 0.323. The van der Waals surface area contributed by atoms with E-state index in [1.165, 1.54) is 0 Å². The van der Waals surface area contributed by atoms with Crippen LogP contribution in [0, 0.1) is 5.92 Å². The highest BCUT2D eigenvalue weighted by Crippen LogP contribution is 2.25. The van der Waals surface area contributed by atoms with Crippen molar-refractivity contribution in [1.82, 2.24) is 4.81 Å². The minimum Gasteiger partial charge on any atom is -0.330 e. The molecule has 1 fully saturated rings. The van der Waals surface area contributed by atoms with Crippen molar-refractivity contribution in [2.75, 3.05) is 13.1 Å². The summed E-state index contributed by atoms with van der Waals surface area (Å²) >= 11 is 0. The summed E-state index contributed by atoms with van der Waals surface area (Å²) in [5.74, 6) is 0.558. The zero-order chi connectivity index (χ0) is 9.42. The van der Waals surface area contributed by atoms with Crippen LogP contribution in [0.3, 0.4) is 0 Å². The summed E-state index contributed by atoms with van der Waals surface area (Å²) in [6.45, 7) is 4.02. The quantitative estimate of drug-likeness (QED) is 0.447. The van der Waals surface area contributed by atoms with Gasteiger partial charge in [0.2, 0.25) is 6.57 Å². The van der Waals surface area contributed by atoms with Crippen molar-refractivity contribution in [2.24, 2.45) is 10.9 Å². The highest BCUT2D eigenvalue weighted by molar-refractivity contribution is 7.61. The molecule has 3 nitrogen and oxygen atoms in total. The Balaban J connectivity index is 2.09. The molecule has 1 saturated heterocycles. The van der Waals surface area contributed by atoms with Crippen LogP contribution in [-0.2, 0) is 4.79 Å². The van der Waals surface area contributed by atoms with E-state index in [1.54, 1.807) is 0 Å². The summed E-state index contributed by atoms with van der Waals surface area (Å²) < 4.78 is 0. The molecule has 0 spiro atoms. The molecule has 0 saturated carbocycles. The minimum atomic E-state index is 0.194. The molecular formula is C8H14BN2OP. The summed E-state index contributed by atoms with van der Waals surface area (Å²) in [5, 5.41) is 0. The van der Waals surface area contributed by atoms with Crippen LogP contribution < -0.4 is 0 Å². The van der Waals surface area contributed by atoms with Crippen molar-refractivity contribution < 1.29 is 4.79 Å². The third kappa shape index (κ3) is 1.70. The molecule has 2 aliphatic heterocycles. The number of rotatable bonds is 1. The van der Waals surface area contributed by atoms with Crippen molar-refractivity contribution >= 4 is 27.7 Å². The fourth-order valence-corrected chi connectivity index (χ4v) is 2.25. The van der Waals surface area contributed by atoms with Gasteiger partial charge in [0.15, 0.2) is 5.78 Å². The smallest absolute Gasteiger partial charge is 0.243 e. The maximum absolute atomic E-state index is 11.7. The molecule has 3 atom stereocenters. The summed E-state index contributed by atoms with van der Waals surface area (Å²) in [4.78, 5) is 18.2. The fraction of sp³-hybridized carbons (Fsp3) is 0.750. The first kappa shape index (κ1) is 9.35. The normalized spacial score (nSPS) is 33.5. The van der Waals surface area contributed by atoms with Gasteiger partial charge < -0.3 is 4.81 Å². The molecule has 13 heavy (non-hydrogen) atoms. The van der Waals surface area contributed by atoms with Crippen molar-refractivity contribution in [3.8, 4) is 0 Å². The van der Waals surface area contributed by atoms with E-state index in [0.29, 0.717) is 18.9 Å². The van der Waals surface area contributed by atoms with Crippen LogP contribution in [-0.4, -0.2) is 42.5 Å². The van der Waals surface area contributed by atoms with Gasteiger partial charge in [0.1, 0.15) is 0 Å². The van der Waals surface area contributed by atoms with E-state index in [2.05, 4.69) is 25.7 Å². The van der Waals surface area contributed by atoms with Crippen LogP contribution in [0.25, 0.3) is 0 Å². The number of carbonyl (C=O) groups excluding carboxylic acids is 1. The molecule has 0 radical (unpaired) electrons. The van der Waals surface area contributed by atoms with E-state index in [0.717, 1.165) is 13.0 Å². The van der Waals surface area contributed by atoms with E-state index in [-0.39, 0.29) is 12.0 Å². The number of piperidine rings is 1. The number of nitrogens with zero attached hydrogens (tertiary/aromatic N) is 2. The predicted molar refractivity (Wildman–Crippen MR) is 58.3 cm³/mol. The molecule has 2 rings (SSSR count). The van der Waals surface area contributed by atoms with Crippen LogP contribution >= 0.6 is 9.12 Å². The van der Waals surface area contributed by atoms with Gasteiger partial charge in [-0.1, -0.05) is 6.82 Å². The molecule has 0 aromatic heterocycles. The zero-order valence-corrected chi connectivity index (χ0v) is 8.97. The maximum atomic E-state index is 11.7. The monoisotopic (exact) mass is 196 g/mol. The maximum Gasteiger partial charge on any atom is 0.243 e. The van der Waals surface area contributed by atoms with Gasteiger partial charge in [-0.2, -0.15) is 9.12 Å². The Kier molecular flexibility index (Phi) is 2.52. The highest BCUT2D eigenvalue weighted by atomic mass is 31.0. The first-order valence-electron chi connectivity index (χ1n) is 4.72. The number of hydrogen-bond acceptors (Lipinski definition) is 3. The molecule has 3 unspecified atom stereocenters. The Hall–Kier alpha value is -0.205. The Morgan fingerprint density at radius 1 is 1.77 bits per heavy atom. The van der Waals surface area contributed by atoms with Crippen molar-refractivity contribution in [1.29, 1.82) is 0 Å². The third-order valence-electron chi connectivity index (χ3n) is 2.89. The van der Waals surface area contributed by atoms with Gasteiger partial charge in [-0.05, 0) is 12.6 Å². The number of hydrogen-bond donors (Lipinski definition) is 0. The fourth-order valence-electron chi connectivity index (χ4n) is 2.02. The van der Waals surface area contributed by atoms with Gasteiger partial charge in [0.05, 0.1) is 6.04 Å². The molecule has 2 heterocycles. The van der Waals surface area contributed by atoms with Crippen molar-refractivity contribution in [3.63, 3.8) is 0 Å². The van der Waals surface area contributed by atoms with Gasteiger partial charge in [-0.25, -0.2) is 0 Å². The number of ketones is 1. The second kappa shape index (κ2) is 3.51. The number of aliphatic imine (C=N–C) groups is 1. The summed E-state index contributed by atoms with van der Waals surface area (Å²) in [5.41, 5.74) is 0. The van der Waals surface area contributed by atoms with Gasteiger partial charge >= 0.3 is 0 Å². The molecule has 70 valence electrons. The van der Waals surface area contributed by atoms with E-state index in [1.807, 2.05) is 6.21 Å². The average Bonchev–Trinajstić information content (AvgIpc) is 2.51. The minimum absolute atomic E-state index is 0.194. The first-order valence-corrected chi connectivity index (χ1v) is 5.39. The molecule has 2 aliphatic rings. The second-order valence-corrected chi connectivity index (χ2v) is 4.84. The standard InChI is InChI=1S/C8H14BN2OP/c1-9(13)11-4-7-6(2-3-10-7)8(12)5-11/h3,6-7H,2,4-5,13H2,1H3. The van der Waals surface area contributed by atoms with Crippen molar-refractivity contribution in [3.05, 3.63) is 0 Å². The lowest BCUT2D eigenvalue weighted by atomic mass is 9.83. The van der Waals surface area contributed by atoms with Crippen LogP contribution in [0.2, 0.25) is 6.82 Å². The van der Waals surface area contributed by atoms with Gasteiger partial charge in [0.25, 0.3) is 0 Å². The Labute approximate surface area is 81.2 Å². The van der Waals surface area contributed by atoms with Crippen LogP contribution in [0.1, 0.15) is 6.42 Å². The second-order valence-electron chi connectivity index (χ2n) is 3.88. The lowest BCUT2D eigenvalue weighted by Crippen LogP contribution is -2.50. The first-order chi connectivity index (χ1) is 6.18. The summed E-state index contributed by atoms with van der Waals surface area (Å²) in [6, 6.07) is 0.240. The Bertz CT molecular complexity index is 257. The number of carbonyl (C=O) groups is 1. The van der Waals surface area contributed by atoms with Crippen LogP contribution in [0.5, 0.6) is 0 Å². The molecule has 0 bridgehead atoms. The highest BCUT2D eigenvalue weighted by Gasteiger charge is 2.38. The Morgan fingerprint density at radius 3 is 3.23 bits per heavy atom. The third-order valence-corrected chi connectivity index (χ3v) is 3.31. The Morgan fingerprint density at radius 2 is 2.54 bits per heavy atom. The average molecular weight is 196 g/mol. The molecule has 0 N–H and O–H groups in total. The molecule has 0 aromatic carbocycles. The van der Waals surface area contributed by atoms with Crippen molar-refractivity contribution in [2.45, 2.75) is 19.3 Å². The zero-order valence-electron chi connectivity index (χ0n) is 7.81. The summed E-state index contributed by atoms with van der Waals surface area (Å²) in [7, 11) is 2.73. The molecule has 0 amide bonds.